The summed E-state index contributed by atoms with van der Waals surface area (Å²) in [6.07, 6.45) is -0.446. The Morgan fingerprint density at radius 1 is 1.31 bits per heavy atom. The summed E-state index contributed by atoms with van der Waals surface area (Å²) in [5.74, 6) is 0.416. The van der Waals surface area contributed by atoms with Gasteiger partial charge in [0.05, 0.1) is 0 Å². The minimum Gasteiger partial charge on any atom is -0.381 e. The number of aliphatic hydroxyl groups excluding tert-OH is 1. The molecule has 0 spiro atoms. The third kappa shape index (κ3) is 2.39. The Morgan fingerprint density at radius 3 is 2.46 bits per heavy atom. The fraction of sp³-hybridized carbons (Fsp3) is 0.364. The molecule has 0 aliphatic carbocycles. The zero-order valence-electron chi connectivity index (χ0n) is 7.90. The van der Waals surface area contributed by atoms with E-state index < -0.39 is 6.10 Å². The summed E-state index contributed by atoms with van der Waals surface area (Å²) in [4.78, 5) is 10.3. The average molecular weight is 178 g/mol. The van der Waals surface area contributed by atoms with Gasteiger partial charge in [0.2, 0.25) is 0 Å². The van der Waals surface area contributed by atoms with Gasteiger partial charge < -0.3 is 9.90 Å². The molecule has 2 nitrogen and oxygen atoms in total. The van der Waals surface area contributed by atoms with Crippen LogP contribution in [0.15, 0.2) is 24.3 Å². The second-order valence-corrected chi connectivity index (χ2v) is 3.41. The van der Waals surface area contributed by atoms with Gasteiger partial charge in [-0.25, -0.2) is 0 Å². The Hall–Kier alpha value is -1.15. The standard InChI is InChI=1S/C11H14O2/c1-8(2)9-4-3-5-10(6-9)11(13)7-12/h3-8,11,13H,1-2H3. The van der Waals surface area contributed by atoms with E-state index in [4.69, 9.17) is 0 Å². The third-order valence-electron chi connectivity index (χ3n) is 2.05. The molecule has 0 bridgehead atoms. The summed E-state index contributed by atoms with van der Waals surface area (Å²) in [6.45, 7) is 4.15. The zero-order chi connectivity index (χ0) is 9.84. The zero-order valence-corrected chi connectivity index (χ0v) is 7.90. The Kier molecular flexibility index (Phi) is 3.20. The monoisotopic (exact) mass is 178 g/mol. The number of benzene rings is 1. The number of hydrogen-bond donors (Lipinski definition) is 1. The molecule has 0 aliphatic rings. The number of carbonyl (C=O) groups excluding carboxylic acids is 1. The van der Waals surface area contributed by atoms with E-state index in [1.54, 1.807) is 6.07 Å². The van der Waals surface area contributed by atoms with E-state index in [1.807, 2.05) is 18.2 Å². The van der Waals surface area contributed by atoms with Gasteiger partial charge in [-0.1, -0.05) is 38.1 Å². The number of aldehydes is 1. The van der Waals surface area contributed by atoms with Gasteiger partial charge in [-0.05, 0) is 17.0 Å². The van der Waals surface area contributed by atoms with Crippen LogP contribution in [0.25, 0.3) is 0 Å². The van der Waals surface area contributed by atoms with Crippen molar-refractivity contribution in [3.63, 3.8) is 0 Å². The number of hydrogen-bond acceptors (Lipinski definition) is 2. The van der Waals surface area contributed by atoms with Crippen LogP contribution in [0.2, 0.25) is 0 Å². The number of aliphatic hydroxyl groups is 1. The molecule has 1 aromatic rings. The summed E-state index contributed by atoms with van der Waals surface area (Å²) in [7, 11) is 0. The van der Waals surface area contributed by atoms with E-state index in [-0.39, 0.29) is 0 Å². The average Bonchev–Trinajstić information content (AvgIpc) is 2.17. The summed E-state index contributed by atoms with van der Waals surface area (Å²) in [6, 6.07) is 7.47. The fourth-order valence-electron chi connectivity index (χ4n) is 1.18. The lowest BCUT2D eigenvalue weighted by atomic mass is 9.99. The molecule has 0 fully saturated rings. The molecule has 0 aliphatic heterocycles. The molecule has 0 amide bonds. The molecule has 70 valence electrons. The van der Waals surface area contributed by atoms with Crippen molar-refractivity contribution in [1.29, 1.82) is 0 Å². The van der Waals surface area contributed by atoms with Gasteiger partial charge in [0.25, 0.3) is 0 Å². The van der Waals surface area contributed by atoms with Gasteiger partial charge in [-0.2, -0.15) is 0 Å². The maximum atomic E-state index is 10.3. The lowest BCUT2D eigenvalue weighted by molar-refractivity contribution is -0.115. The van der Waals surface area contributed by atoms with Crippen molar-refractivity contribution in [2.45, 2.75) is 25.9 Å². The van der Waals surface area contributed by atoms with Crippen LogP contribution in [0.4, 0.5) is 0 Å². The first kappa shape index (κ1) is 9.93. The summed E-state index contributed by atoms with van der Waals surface area (Å²) in [5.41, 5.74) is 1.81. The predicted octanol–water partition coefficient (Wildman–Crippen LogP) is 2.04. The van der Waals surface area contributed by atoms with Gasteiger partial charge >= 0.3 is 0 Å². The van der Waals surface area contributed by atoms with E-state index in [9.17, 15) is 9.90 Å². The highest BCUT2D eigenvalue weighted by Crippen LogP contribution is 2.18. The Morgan fingerprint density at radius 2 is 1.92 bits per heavy atom. The Labute approximate surface area is 78.2 Å². The normalized spacial score (nSPS) is 12.9. The maximum Gasteiger partial charge on any atom is 0.153 e. The molecule has 1 aromatic carbocycles. The van der Waals surface area contributed by atoms with Crippen LogP contribution in [-0.2, 0) is 4.79 Å². The van der Waals surface area contributed by atoms with E-state index in [1.165, 1.54) is 0 Å². The van der Waals surface area contributed by atoms with Crippen molar-refractivity contribution >= 4 is 6.29 Å². The smallest absolute Gasteiger partial charge is 0.153 e. The Bertz CT molecular complexity index is 292. The maximum absolute atomic E-state index is 10.3. The topological polar surface area (TPSA) is 37.3 Å². The minimum atomic E-state index is -0.987. The molecule has 1 N–H and O–H groups in total. The molecule has 1 atom stereocenters. The van der Waals surface area contributed by atoms with Crippen LogP contribution in [0.5, 0.6) is 0 Å². The molecule has 2 heteroatoms. The van der Waals surface area contributed by atoms with Crippen LogP contribution in [0.1, 0.15) is 37.0 Å². The van der Waals surface area contributed by atoms with Crippen molar-refractivity contribution in [1.82, 2.24) is 0 Å². The van der Waals surface area contributed by atoms with Gasteiger partial charge in [-0.3, -0.25) is 0 Å². The lowest BCUT2D eigenvalue weighted by Crippen LogP contribution is -1.99. The largest absolute Gasteiger partial charge is 0.381 e. The van der Waals surface area contributed by atoms with Crippen molar-refractivity contribution in [3.8, 4) is 0 Å². The predicted molar refractivity (Wildman–Crippen MR) is 51.6 cm³/mol. The first-order valence-corrected chi connectivity index (χ1v) is 4.38. The molecule has 0 aromatic heterocycles. The SMILES string of the molecule is CC(C)c1cccc(C(O)C=O)c1. The molecular formula is C11H14O2. The second-order valence-electron chi connectivity index (χ2n) is 3.41. The molecular weight excluding hydrogens is 164 g/mol. The summed E-state index contributed by atoms with van der Waals surface area (Å²) >= 11 is 0. The van der Waals surface area contributed by atoms with E-state index in [2.05, 4.69) is 13.8 Å². The Balaban J connectivity index is 2.97. The van der Waals surface area contributed by atoms with Crippen LogP contribution in [-0.4, -0.2) is 11.4 Å². The molecule has 0 radical (unpaired) electrons. The molecule has 0 saturated carbocycles. The van der Waals surface area contributed by atoms with E-state index in [0.29, 0.717) is 17.8 Å². The quantitative estimate of drug-likeness (QED) is 0.719. The van der Waals surface area contributed by atoms with Crippen LogP contribution < -0.4 is 0 Å². The molecule has 1 rings (SSSR count). The van der Waals surface area contributed by atoms with Gasteiger partial charge in [0.1, 0.15) is 6.10 Å². The highest BCUT2D eigenvalue weighted by molar-refractivity contribution is 5.59. The first-order valence-electron chi connectivity index (χ1n) is 4.38. The molecule has 0 heterocycles. The van der Waals surface area contributed by atoms with Gasteiger partial charge in [-0.15, -0.1) is 0 Å². The fourth-order valence-corrected chi connectivity index (χ4v) is 1.18. The summed E-state index contributed by atoms with van der Waals surface area (Å²) < 4.78 is 0. The van der Waals surface area contributed by atoms with Crippen LogP contribution in [0, 0.1) is 0 Å². The van der Waals surface area contributed by atoms with Gasteiger partial charge in [0.15, 0.2) is 6.29 Å². The first-order chi connectivity index (χ1) is 6.15. The van der Waals surface area contributed by atoms with E-state index in [0.717, 1.165) is 5.56 Å². The lowest BCUT2D eigenvalue weighted by Gasteiger charge is -2.08. The highest BCUT2D eigenvalue weighted by Gasteiger charge is 2.06. The molecule has 13 heavy (non-hydrogen) atoms. The van der Waals surface area contributed by atoms with Crippen molar-refractivity contribution in [2.24, 2.45) is 0 Å². The highest BCUT2D eigenvalue weighted by atomic mass is 16.3. The van der Waals surface area contributed by atoms with Crippen molar-refractivity contribution in [2.75, 3.05) is 0 Å². The van der Waals surface area contributed by atoms with Gasteiger partial charge in [0, 0.05) is 0 Å². The van der Waals surface area contributed by atoms with E-state index >= 15 is 0 Å². The second kappa shape index (κ2) is 4.19. The van der Waals surface area contributed by atoms with Crippen LogP contribution >= 0.6 is 0 Å². The molecule has 1 unspecified atom stereocenters. The van der Waals surface area contributed by atoms with Crippen LogP contribution in [0.3, 0.4) is 0 Å². The minimum absolute atomic E-state index is 0.416. The number of carbonyl (C=O) groups is 1. The van der Waals surface area contributed by atoms with Crippen molar-refractivity contribution < 1.29 is 9.90 Å². The third-order valence-corrected chi connectivity index (χ3v) is 2.05. The summed E-state index contributed by atoms with van der Waals surface area (Å²) in [5, 5.41) is 9.27. The number of rotatable bonds is 3. The van der Waals surface area contributed by atoms with Crippen molar-refractivity contribution in [3.05, 3.63) is 35.4 Å². The molecule has 0 saturated heterocycles.